The van der Waals surface area contributed by atoms with Crippen LogP contribution < -0.4 is 5.32 Å². The van der Waals surface area contributed by atoms with Crippen molar-refractivity contribution in [3.05, 3.63) is 101 Å². The molecule has 44 heavy (non-hydrogen) atoms. The summed E-state index contributed by atoms with van der Waals surface area (Å²) in [5, 5.41) is 2.61. The quantitative estimate of drug-likeness (QED) is 0.198. The Morgan fingerprint density at radius 2 is 1.50 bits per heavy atom. The largest absolute Gasteiger partial charge is 0.356 e. The molecule has 0 radical (unpaired) electrons. The first-order valence-corrected chi connectivity index (χ1v) is 16.8. The van der Waals surface area contributed by atoms with E-state index in [0.717, 1.165) is 43.6 Å². The van der Waals surface area contributed by atoms with Crippen LogP contribution in [0.25, 0.3) is 11.6 Å². The molecule has 246 valence electrons. The van der Waals surface area contributed by atoms with Crippen molar-refractivity contribution in [1.82, 2.24) is 5.32 Å². The van der Waals surface area contributed by atoms with Gasteiger partial charge in [-0.1, -0.05) is 125 Å². The molecule has 2 nitrogen and oxygen atoms in total. The van der Waals surface area contributed by atoms with Gasteiger partial charge < -0.3 is 5.32 Å². The average molecular weight is 602 g/mol. The fourth-order valence-electron chi connectivity index (χ4n) is 4.03. The van der Waals surface area contributed by atoms with E-state index in [4.69, 9.17) is 0 Å². The maximum Gasteiger partial charge on any atom is 0.207 e. The minimum Gasteiger partial charge on any atom is -0.356 e. The first kappa shape index (κ1) is 45.2. The molecule has 1 N–H and O–H groups in total. The third-order valence-corrected chi connectivity index (χ3v) is 7.63. The summed E-state index contributed by atoms with van der Waals surface area (Å²) in [6.07, 6.45) is 12.5. The van der Waals surface area contributed by atoms with E-state index in [1.54, 1.807) is 0 Å². The Balaban J connectivity index is -0.000000580. The Bertz CT molecular complexity index is 1140. The fraction of sp³-hybridized carbons (Fsp3) is 0.524. The molecular formula is C42H67NO. The van der Waals surface area contributed by atoms with Crippen LogP contribution in [0.2, 0.25) is 0 Å². The van der Waals surface area contributed by atoms with Crippen LogP contribution in [0.5, 0.6) is 0 Å². The van der Waals surface area contributed by atoms with Gasteiger partial charge >= 0.3 is 0 Å². The van der Waals surface area contributed by atoms with Gasteiger partial charge in [0.1, 0.15) is 0 Å². The molecule has 2 rings (SSSR count). The number of benzene rings is 1. The molecule has 0 spiro atoms. The number of carbonyl (C=O) groups is 1. The van der Waals surface area contributed by atoms with Crippen molar-refractivity contribution in [2.45, 2.75) is 128 Å². The summed E-state index contributed by atoms with van der Waals surface area (Å²) in [5.74, 6) is 1.95. The van der Waals surface area contributed by atoms with Crippen LogP contribution in [-0.2, 0) is 4.79 Å². The molecule has 3 atom stereocenters. The molecule has 0 saturated heterocycles. The van der Waals surface area contributed by atoms with Crippen LogP contribution in [0.4, 0.5) is 0 Å². The molecule has 0 aliphatic heterocycles. The van der Waals surface area contributed by atoms with Crippen molar-refractivity contribution < 1.29 is 4.79 Å². The zero-order chi connectivity index (χ0) is 34.7. The number of nitrogens with one attached hydrogen (secondary N) is 1. The number of amides is 1. The van der Waals surface area contributed by atoms with Crippen molar-refractivity contribution >= 4 is 18.1 Å². The number of hydrogen-bond acceptors (Lipinski definition) is 1. The van der Waals surface area contributed by atoms with E-state index in [2.05, 4.69) is 127 Å². The van der Waals surface area contributed by atoms with E-state index in [9.17, 15) is 4.79 Å². The van der Waals surface area contributed by atoms with Crippen LogP contribution in [0.3, 0.4) is 0 Å². The molecule has 1 unspecified atom stereocenters. The minimum absolute atomic E-state index is 0.331. The Morgan fingerprint density at radius 1 is 0.886 bits per heavy atom. The molecule has 0 fully saturated rings. The Labute approximate surface area is 274 Å². The lowest BCUT2D eigenvalue weighted by Crippen LogP contribution is -2.22. The lowest BCUT2D eigenvalue weighted by atomic mass is 9.86. The normalized spacial score (nSPS) is 12.7. The highest BCUT2D eigenvalue weighted by Crippen LogP contribution is 2.27. The molecule has 1 aromatic rings. The predicted molar refractivity (Wildman–Crippen MR) is 201 cm³/mol. The van der Waals surface area contributed by atoms with Crippen molar-refractivity contribution in [2.24, 2.45) is 17.8 Å². The molecule has 0 saturated carbocycles. The first-order chi connectivity index (χ1) is 21.0. The number of aryl methyl sites for hydroxylation is 1. The molecule has 0 bridgehead atoms. The van der Waals surface area contributed by atoms with E-state index in [1.165, 1.54) is 39.8 Å². The molecular weight excluding hydrogens is 534 g/mol. The van der Waals surface area contributed by atoms with E-state index >= 15 is 0 Å². The molecule has 0 aromatic heterocycles. The van der Waals surface area contributed by atoms with E-state index in [1.807, 2.05) is 41.5 Å². The van der Waals surface area contributed by atoms with Crippen molar-refractivity contribution in [1.29, 1.82) is 0 Å². The average Bonchev–Trinajstić information content (AvgIpc) is 3.20. The van der Waals surface area contributed by atoms with Gasteiger partial charge in [-0.25, -0.2) is 0 Å². The van der Waals surface area contributed by atoms with Crippen LogP contribution in [0.15, 0.2) is 84.0 Å². The maximum atomic E-state index is 9.66. The van der Waals surface area contributed by atoms with E-state index in [0.29, 0.717) is 17.9 Å². The molecule has 1 aliphatic rings. The fourth-order valence-corrected chi connectivity index (χ4v) is 4.03. The lowest BCUT2D eigenvalue weighted by molar-refractivity contribution is -0.110. The minimum atomic E-state index is 0.331. The predicted octanol–water partition coefficient (Wildman–Crippen LogP) is 12.6. The van der Waals surface area contributed by atoms with Crippen molar-refractivity contribution in [2.75, 3.05) is 0 Å². The zero-order valence-electron chi connectivity index (χ0n) is 30.9. The monoisotopic (exact) mass is 602 g/mol. The first-order valence-electron chi connectivity index (χ1n) is 16.8. The van der Waals surface area contributed by atoms with Crippen LogP contribution in [-0.4, -0.2) is 12.5 Å². The Morgan fingerprint density at radius 3 is 1.93 bits per heavy atom. The SMILES string of the molecule is C=C=C(CCC(=C=C)[C@@H](C)C(C)C)CC(C)CC.C=C=C1C=Cc2ccc(C)cc2C(C)=C1.CC.CC.CC[C@@H](C)NC=O. The van der Waals surface area contributed by atoms with Gasteiger partial charge in [0.2, 0.25) is 6.41 Å². The summed E-state index contributed by atoms with van der Waals surface area (Å²) in [6.45, 7) is 38.9. The van der Waals surface area contributed by atoms with Gasteiger partial charge in [0.05, 0.1) is 0 Å². The standard InChI is InChI=1S/C18H30.C15H14.C5H11NO.2C2H6/c1-8-15(6)13-17(9-2)11-12-18(10-3)16(7)14(4)5;1-4-13-6-8-14-7-5-11(2)9-15(14)12(3)10-13;1-3-5(2)6-4-7;2*1-2/h14-16H,2-3,8,11-13H2,1,4-7H3;5-10H,1H2,2-3H3;4-5H,3H2,1-2H3,(H,6,7);2*1-2H3/t15?,16-;;5-;;/m0.1../s1. The maximum absolute atomic E-state index is 9.66. The summed E-state index contributed by atoms with van der Waals surface area (Å²) >= 11 is 0. The van der Waals surface area contributed by atoms with Gasteiger partial charge in [-0.15, -0.1) is 17.2 Å². The van der Waals surface area contributed by atoms with Gasteiger partial charge in [0, 0.05) is 11.6 Å². The molecule has 1 amide bonds. The van der Waals surface area contributed by atoms with Gasteiger partial charge in [-0.05, 0) is 104 Å². The lowest BCUT2D eigenvalue weighted by Gasteiger charge is -2.18. The molecule has 0 heterocycles. The summed E-state index contributed by atoms with van der Waals surface area (Å²) in [4.78, 5) is 9.66. The topological polar surface area (TPSA) is 29.1 Å². The Kier molecular flexibility index (Phi) is 29.3. The summed E-state index contributed by atoms with van der Waals surface area (Å²) in [7, 11) is 0. The number of rotatable bonds is 11. The number of carbonyl (C=O) groups excluding carboxylic acids is 1. The Hall–Kier alpha value is -3.27. The molecule has 1 aromatic carbocycles. The van der Waals surface area contributed by atoms with E-state index in [-0.39, 0.29) is 0 Å². The smallest absolute Gasteiger partial charge is 0.207 e. The molecule has 1 aliphatic carbocycles. The van der Waals surface area contributed by atoms with Crippen molar-refractivity contribution in [3.63, 3.8) is 0 Å². The summed E-state index contributed by atoms with van der Waals surface area (Å²) in [6, 6.07) is 6.85. The number of allylic oxidation sites excluding steroid dienone is 6. The highest BCUT2D eigenvalue weighted by Gasteiger charge is 2.13. The van der Waals surface area contributed by atoms with Crippen LogP contribution in [0.1, 0.15) is 132 Å². The van der Waals surface area contributed by atoms with Gasteiger partial charge in [0.25, 0.3) is 0 Å². The highest BCUT2D eigenvalue weighted by molar-refractivity contribution is 5.79. The van der Waals surface area contributed by atoms with E-state index < -0.39 is 0 Å². The third kappa shape index (κ3) is 19.8. The molecule has 2 heteroatoms. The number of fused-ring (bicyclic) bond motifs is 1. The number of hydrogen-bond donors (Lipinski definition) is 1. The van der Waals surface area contributed by atoms with Gasteiger partial charge in [-0.2, -0.15) is 0 Å². The second kappa shape index (κ2) is 28.5. The summed E-state index contributed by atoms with van der Waals surface area (Å²) < 4.78 is 0. The highest BCUT2D eigenvalue weighted by atomic mass is 16.1. The second-order valence-electron chi connectivity index (χ2n) is 11.2. The van der Waals surface area contributed by atoms with Crippen molar-refractivity contribution in [3.8, 4) is 0 Å². The van der Waals surface area contributed by atoms with Gasteiger partial charge in [-0.3, -0.25) is 4.79 Å². The third-order valence-electron chi connectivity index (χ3n) is 7.63. The van der Waals surface area contributed by atoms with Gasteiger partial charge in [0.15, 0.2) is 0 Å². The van der Waals surface area contributed by atoms with Crippen LogP contribution >= 0.6 is 0 Å². The second-order valence-corrected chi connectivity index (χ2v) is 11.2. The summed E-state index contributed by atoms with van der Waals surface area (Å²) in [5.41, 5.74) is 18.1. The van der Waals surface area contributed by atoms with Crippen LogP contribution in [0, 0.1) is 24.7 Å². The zero-order valence-corrected chi connectivity index (χ0v) is 30.9.